The Morgan fingerprint density at radius 1 is 0.962 bits per heavy atom. The van der Waals surface area contributed by atoms with Crippen LogP contribution in [0.5, 0.6) is 0 Å². The van der Waals surface area contributed by atoms with E-state index < -0.39 is 10.0 Å². The normalized spacial score (nSPS) is 15.6. The van der Waals surface area contributed by atoms with Gasteiger partial charge in [0, 0.05) is 24.3 Å². The molecule has 1 fully saturated rings. The number of hydrogen-bond acceptors (Lipinski definition) is 3. The number of aryl methyl sites for hydroxylation is 2. The molecule has 3 rings (SSSR count). The van der Waals surface area contributed by atoms with Crippen LogP contribution in [-0.4, -0.2) is 31.7 Å². The van der Waals surface area contributed by atoms with Crippen molar-refractivity contribution in [2.45, 2.75) is 38.0 Å². The Kier molecular flexibility index (Phi) is 5.44. The highest BCUT2D eigenvalue weighted by Crippen LogP contribution is 2.22. The minimum Gasteiger partial charge on any atom is -0.322 e. The maximum Gasteiger partial charge on any atom is 0.255 e. The summed E-state index contributed by atoms with van der Waals surface area (Å²) in [6.07, 6.45) is 2.89. The van der Waals surface area contributed by atoms with Crippen LogP contribution in [0.3, 0.4) is 0 Å². The third-order valence-electron chi connectivity index (χ3n) is 4.69. The van der Waals surface area contributed by atoms with Gasteiger partial charge < -0.3 is 5.32 Å². The molecule has 0 atom stereocenters. The van der Waals surface area contributed by atoms with Gasteiger partial charge in [0.2, 0.25) is 10.0 Å². The van der Waals surface area contributed by atoms with Crippen LogP contribution in [-0.2, 0) is 10.0 Å². The second-order valence-electron chi connectivity index (χ2n) is 6.76. The van der Waals surface area contributed by atoms with Gasteiger partial charge in [-0.3, -0.25) is 4.79 Å². The largest absolute Gasteiger partial charge is 0.322 e. The third-order valence-corrected chi connectivity index (χ3v) is 6.60. The Labute approximate surface area is 155 Å². The molecular weight excluding hydrogens is 348 g/mol. The zero-order chi connectivity index (χ0) is 18.7. The van der Waals surface area contributed by atoms with Crippen LogP contribution in [0.25, 0.3) is 0 Å². The summed E-state index contributed by atoms with van der Waals surface area (Å²) in [5.74, 6) is -0.200. The van der Waals surface area contributed by atoms with Crippen molar-refractivity contribution >= 4 is 21.6 Å². The monoisotopic (exact) mass is 372 g/mol. The molecule has 1 heterocycles. The van der Waals surface area contributed by atoms with E-state index in [2.05, 4.69) is 5.32 Å². The number of rotatable bonds is 4. The Hall–Kier alpha value is -2.18. The second kappa shape index (κ2) is 7.60. The lowest BCUT2D eigenvalue weighted by atomic mass is 10.1. The molecule has 0 radical (unpaired) electrons. The number of benzene rings is 2. The molecule has 1 aliphatic heterocycles. The van der Waals surface area contributed by atoms with Gasteiger partial charge in [-0.15, -0.1) is 0 Å². The summed E-state index contributed by atoms with van der Waals surface area (Å²) < 4.78 is 26.9. The Bertz CT molecular complexity index is 899. The number of carbonyl (C=O) groups is 1. The molecule has 0 unspecified atom stereocenters. The zero-order valence-electron chi connectivity index (χ0n) is 15.2. The quantitative estimate of drug-likeness (QED) is 0.889. The topological polar surface area (TPSA) is 66.5 Å². The van der Waals surface area contributed by atoms with Gasteiger partial charge in [0.1, 0.15) is 0 Å². The molecule has 1 N–H and O–H groups in total. The predicted octanol–water partition coefficient (Wildman–Crippen LogP) is 3.73. The molecule has 2 aromatic carbocycles. The van der Waals surface area contributed by atoms with E-state index in [0.717, 1.165) is 30.4 Å². The van der Waals surface area contributed by atoms with E-state index in [1.165, 1.54) is 0 Å². The first-order valence-corrected chi connectivity index (χ1v) is 10.3. The van der Waals surface area contributed by atoms with Gasteiger partial charge in [0.25, 0.3) is 5.91 Å². The number of hydrogen-bond donors (Lipinski definition) is 1. The summed E-state index contributed by atoms with van der Waals surface area (Å²) in [6, 6.07) is 12.0. The maximum absolute atomic E-state index is 12.7. The summed E-state index contributed by atoms with van der Waals surface area (Å²) in [5, 5.41) is 2.83. The number of anilines is 1. The van der Waals surface area contributed by atoms with Crippen molar-refractivity contribution in [1.29, 1.82) is 0 Å². The minimum absolute atomic E-state index is 0.200. The fourth-order valence-corrected chi connectivity index (χ4v) is 4.75. The van der Waals surface area contributed by atoms with Crippen molar-refractivity contribution < 1.29 is 13.2 Å². The molecule has 0 spiro atoms. The fourth-order valence-electron chi connectivity index (χ4n) is 3.23. The maximum atomic E-state index is 12.7. The van der Waals surface area contributed by atoms with Gasteiger partial charge in [0.15, 0.2) is 0 Å². The predicted molar refractivity (Wildman–Crippen MR) is 103 cm³/mol. The SMILES string of the molecule is Cc1ccc(C(=O)Nc2ccc(S(=O)(=O)N3CCCCC3)cc2)c(C)c1. The fraction of sp³-hybridized carbons (Fsp3) is 0.350. The second-order valence-corrected chi connectivity index (χ2v) is 8.70. The highest BCUT2D eigenvalue weighted by Gasteiger charge is 2.25. The van der Waals surface area contributed by atoms with Crippen LogP contribution in [0, 0.1) is 13.8 Å². The van der Waals surface area contributed by atoms with Gasteiger partial charge in [-0.05, 0) is 62.6 Å². The van der Waals surface area contributed by atoms with Crippen molar-refractivity contribution in [3.63, 3.8) is 0 Å². The number of carbonyl (C=O) groups excluding carboxylic acids is 1. The van der Waals surface area contributed by atoms with Crippen molar-refractivity contribution in [2.75, 3.05) is 18.4 Å². The molecule has 26 heavy (non-hydrogen) atoms. The van der Waals surface area contributed by atoms with Crippen LogP contribution in [0.15, 0.2) is 47.4 Å². The van der Waals surface area contributed by atoms with E-state index in [1.54, 1.807) is 34.6 Å². The molecule has 2 aromatic rings. The molecule has 0 bridgehead atoms. The highest BCUT2D eigenvalue weighted by molar-refractivity contribution is 7.89. The number of piperidine rings is 1. The summed E-state index contributed by atoms with van der Waals surface area (Å²) in [5.41, 5.74) is 3.20. The molecule has 0 saturated carbocycles. The van der Waals surface area contributed by atoms with E-state index in [1.807, 2.05) is 26.0 Å². The first-order valence-electron chi connectivity index (χ1n) is 8.87. The summed E-state index contributed by atoms with van der Waals surface area (Å²) in [4.78, 5) is 12.7. The van der Waals surface area contributed by atoms with Crippen molar-refractivity contribution in [3.8, 4) is 0 Å². The van der Waals surface area contributed by atoms with E-state index in [-0.39, 0.29) is 10.8 Å². The molecule has 1 amide bonds. The Morgan fingerprint density at radius 2 is 1.62 bits per heavy atom. The number of sulfonamides is 1. The molecule has 0 aliphatic carbocycles. The van der Waals surface area contributed by atoms with Gasteiger partial charge >= 0.3 is 0 Å². The van der Waals surface area contributed by atoms with E-state index in [0.29, 0.717) is 24.3 Å². The van der Waals surface area contributed by atoms with Gasteiger partial charge in [-0.25, -0.2) is 8.42 Å². The van der Waals surface area contributed by atoms with Crippen LogP contribution in [0.4, 0.5) is 5.69 Å². The van der Waals surface area contributed by atoms with Crippen LogP contribution < -0.4 is 5.32 Å². The standard InChI is InChI=1S/C20H24N2O3S/c1-15-6-11-19(16(2)14-15)20(23)21-17-7-9-18(10-8-17)26(24,25)22-12-4-3-5-13-22/h6-11,14H,3-5,12-13H2,1-2H3,(H,21,23). The smallest absolute Gasteiger partial charge is 0.255 e. The molecule has 6 heteroatoms. The molecular formula is C20H24N2O3S. The first-order chi connectivity index (χ1) is 12.4. The van der Waals surface area contributed by atoms with Crippen molar-refractivity contribution in [3.05, 3.63) is 59.2 Å². The number of nitrogens with zero attached hydrogens (tertiary/aromatic N) is 1. The number of amides is 1. The minimum atomic E-state index is -3.45. The highest BCUT2D eigenvalue weighted by atomic mass is 32.2. The van der Waals surface area contributed by atoms with Crippen LogP contribution in [0.2, 0.25) is 0 Å². The van der Waals surface area contributed by atoms with Gasteiger partial charge in [-0.2, -0.15) is 4.31 Å². The Morgan fingerprint density at radius 3 is 2.23 bits per heavy atom. The van der Waals surface area contributed by atoms with E-state index in [4.69, 9.17) is 0 Å². The lowest BCUT2D eigenvalue weighted by Crippen LogP contribution is -2.35. The van der Waals surface area contributed by atoms with Gasteiger partial charge in [-0.1, -0.05) is 24.1 Å². The van der Waals surface area contributed by atoms with Crippen molar-refractivity contribution in [1.82, 2.24) is 4.31 Å². The number of nitrogens with one attached hydrogen (secondary N) is 1. The molecule has 138 valence electrons. The average molecular weight is 372 g/mol. The Balaban J connectivity index is 1.74. The molecule has 1 aliphatic rings. The zero-order valence-corrected chi connectivity index (χ0v) is 16.0. The van der Waals surface area contributed by atoms with Crippen LogP contribution >= 0.6 is 0 Å². The first kappa shape index (κ1) is 18.6. The molecule has 1 saturated heterocycles. The summed E-state index contributed by atoms with van der Waals surface area (Å²) in [6.45, 7) is 5.04. The van der Waals surface area contributed by atoms with Crippen molar-refractivity contribution in [2.24, 2.45) is 0 Å². The third kappa shape index (κ3) is 3.97. The summed E-state index contributed by atoms with van der Waals surface area (Å²) in [7, 11) is -3.45. The summed E-state index contributed by atoms with van der Waals surface area (Å²) >= 11 is 0. The molecule has 0 aromatic heterocycles. The van der Waals surface area contributed by atoms with E-state index >= 15 is 0 Å². The lowest BCUT2D eigenvalue weighted by Gasteiger charge is -2.25. The lowest BCUT2D eigenvalue weighted by molar-refractivity contribution is 0.102. The van der Waals surface area contributed by atoms with E-state index in [9.17, 15) is 13.2 Å². The average Bonchev–Trinajstić information content (AvgIpc) is 2.63. The van der Waals surface area contributed by atoms with Gasteiger partial charge in [0.05, 0.1) is 4.90 Å². The molecule has 5 nitrogen and oxygen atoms in total. The van der Waals surface area contributed by atoms with Crippen LogP contribution in [0.1, 0.15) is 40.7 Å².